The van der Waals surface area contributed by atoms with Crippen molar-refractivity contribution in [3.63, 3.8) is 0 Å². The molecule has 17 heavy (non-hydrogen) atoms. The molecule has 0 atom stereocenters. The minimum atomic E-state index is -4.42. The molecule has 0 bridgehead atoms. The maximum atomic E-state index is 10.4. The molecule has 0 amide bonds. The van der Waals surface area contributed by atoms with Gasteiger partial charge in [0.05, 0.1) is 0 Å². The van der Waals surface area contributed by atoms with E-state index >= 15 is 0 Å². The van der Waals surface area contributed by atoms with Gasteiger partial charge < -0.3 is 0 Å². The van der Waals surface area contributed by atoms with Gasteiger partial charge in [-0.05, 0) is 0 Å². The van der Waals surface area contributed by atoms with Gasteiger partial charge in [-0.25, -0.2) is 0 Å². The minimum absolute atomic E-state index is 0.00848. The standard InChI is InChI=1S/C10H28O5P2/c1-5-9-17(13,14,10-6-2)15-16(11,12,7-3)8-4/h11-14H,5-10H2,1-4H3. The summed E-state index contributed by atoms with van der Waals surface area (Å²) in [5.41, 5.74) is 0. The molecule has 4 N–H and O–H groups in total. The van der Waals surface area contributed by atoms with Gasteiger partial charge in [0, 0.05) is 0 Å². The summed E-state index contributed by atoms with van der Waals surface area (Å²) in [5.74, 6) is 0. The van der Waals surface area contributed by atoms with Crippen molar-refractivity contribution >= 4 is 14.6 Å². The first-order chi connectivity index (χ1) is 7.51. The van der Waals surface area contributed by atoms with Crippen molar-refractivity contribution in [3.8, 4) is 0 Å². The predicted molar refractivity (Wildman–Crippen MR) is 75.2 cm³/mol. The van der Waals surface area contributed by atoms with Crippen LogP contribution in [0.25, 0.3) is 0 Å². The Bertz CT molecular complexity index is 249. The Morgan fingerprint density at radius 2 is 1.06 bits per heavy atom. The molecule has 0 aliphatic heterocycles. The van der Waals surface area contributed by atoms with Crippen LogP contribution >= 0.6 is 14.6 Å². The van der Waals surface area contributed by atoms with Crippen LogP contribution in [0.2, 0.25) is 0 Å². The molecule has 0 aliphatic rings. The molecule has 0 unspecified atom stereocenters. The molecule has 5 nitrogen and oxygen atoms in total. The van der Waals surface area contributed by atoms with Crippen LogP contribution < -0.4 is 0 Å². The summed E-state index contributed by atoms with van der Waals surface area (Å²) >= 11 is 0. The summed E-state index contributed by atoms with van der Waals surface area (Å²) in [6, 6.07) is 0. The van der Waals surface area contributed by atoms with Crippen molar-refractivity contribution < 1.29 is 23.9 Å². The number of hydrogen-bond acceptors (Lipinski definition) is 5. The second-order valence-corrected chi connectivity index (χ2v) is 12.8. The topological polar surface area (TPSA) is 90.2 Å². The summed E-state index contributed by atoms with van der Waals surface area (Å²) in [6.45, 7) is 6.81. The van der Waals surface area contributed by atoms with E-state index in [0.717, 1.165) is 0 Å². The van der Waals surface area contributed by atoms with Gasteiger partial charge >= 0.3 is 104 Å². The van der Waals surface area contributed by atoms with Gasteiger partial charge in [-0.3, -0.25) is 0 Å². The average molecular weight is 290 g/mol. The summed E-state index contributed by atoms with van der Waals surface area (Å²) < 4.78 is 5.26. The van der Waals surface area contributed by atoms with Crippen LogP contribution in [0.4, 0.5) is 0 Å². The molecule has 0 aromatic carbocycles. The first-order valence-corrected chi connectivity index (χ1v) is 11.1. The molecular weight excluding hydrogens is 262 g/mol. The van der Waals surface area contributed by atoms with Gasteiger partial charge in [0.15, 0.2) is 0 Å². The van der Waals surface area contributed by atoms with E-state index in [9.17, 15) is 19.6 Å². The summed E-state index contributed by atoms with van der Waals surface area (Å²) in [4.78, 5) is 41.3. The maximum absolute atomic E-state index is 10.4. The zero-order valence-corrected chi connectivity index (χ0v) is 13.1. The molecule has 0 aromatic rings. The summed E-state index contributed by atoms with van der Waals surface area (Å²) in [5, 5.41) is 0. The zero-order chi connectivity index (χ0) is 13.8. The Hall–Kier alpha value is 0.660. The molecule has 108 valence electrons. The SMILES string of the molecule is CCCP(O)(O)(CCC)OP(O)(O)(CC)CC. The monoisotopic (exact) mass is 290 g/mol. The quantitative estimate of drug-likeness (QED) is 0.515. The van der Waals surface area contributed by atoms with E-state index in [0.29, 0.717) is 12.8 Å². The number of hydrogen-bond donors (Lipinski definition) is 4. The van der Waals surface area contributed by atoms with Crippen molar-refractivity contribution in [3.05, 3.63) is 0 Å². The fourth-order valence-electron chi connectivity index (χ4n) is 1.87. The van der Waals surface area contributed by atoms with Gasteiger partial charge in [0.25, 0.3) is 0 Å². The Kier molecular flexibility index (Phi) is 5.55. The average Bonchev–Trinajstić information content (AvgIpc) is 2.17. The van der Waals surface area contributed by atoms with Crippen LogP contribution in [0.15, 0.2) is 0 Å². The molecule has 0 rings (SSSR count). The van der Waals surface area contributed by atoms with Crippen LogP contribution in [0, 0.1) is 0 Å². The van der Waals surface area contributed by atoms with E-state index < -0.39 is 14.6 Å². The van der Waals surface area contributed by atoms with Crippen LogP contribution in [-0.4, -0.2) is 44.2 Å². The second kappa shape index (κ2) is 5.34. The third kappa shape index (κ3) is 5.04. The van der Waals surface area contributed by atoms with Crippen LogP contribution in [-0.2, 0) is 4.31 Å². The van der Waals surface area contributed by atoms with Crippen molar-refractivity contribution in [1.82, 2.24) is 0 Å². The fraction of sp³-hybridized carbons (Fsp3) is 1.00. The molecule has 0 aromatic heterocycles. The second-order valence-electron chi connectivity index (χ2n) is 4.76. The van der Waals surface area contributed by atoms with E-state index in [1.165, 1.54) is 0 Å². The zero-order valence-electron chi connectivity index (χ0n) is 11.3. The van der Waals surface area contributed by atoms with E-state index in [2.05, 4.69) is 0 Å². The van der Waals surface area contributed by atoms with E-state index in [1.807, 2.05) is 13.8 Å². The Balaban J connectivity index is 5.25. The third-order valence-corrected chi connectivity index (χ3v) is 11.2. The van der Waals surface area contributed by atoms with Crippen molar-refractivity contribution in [1.29, 1.82) is 0 Å². The molecular formula is C10H28O5P2. The van der Waals surface area contributed by atoms with E-state index in [-0.39, 0.29) is 24.6 Å². The van der Waals surface area contributed by atoms with Gasteiger partial charge in [0.2, 0.25) is 0 Å². The van der Waals surface area contributed by atoms with Crippen LogP contribution in [0.1, 0.15) is 40.5 Å². The molecule has 0 aliphatic carbocycles. The third-order valence-electron chi connectivity index (χ3n) is 2.99. The van der Waals surface area contributed by atoms with Gasteiger partial charge in [-0.2, -0.15) is 0 Å². The molecule has 0 radical (unpaired) electrons. The Morgan fingerprint density at radius 3 is 1.29 bits per heavy atom. The molecule has 0 fully saturated rings. The van der Waals surface area contributed by atoms with E-state index in [1.54, 1.807) is 13.8 Å². The van der Waals surface area contributed by atoms with Crippen LogP contribution in [0.5, 0.6) is 0 Å². The van der Waals surface area contributed by atoms with Gasteiger partial charge in [0.1, 0.15) is 0 Å². The first kappa shape index (κ1) is 17.7. The summed E-state index contributed by atoms with van der Waals surface area (Å²) in [7, 11) is -8.82. The van der Waals surface area contributed by atoms with Crippen molar-refractivity contribution in [2.45, 2.75) is 40.5 Å². The van der Waals surface area contributed by atoms with Gasteiger partial charge in [-0.1, -0.05) is 0 Å². The van der Waals surface area contributed by atoms with Crippen molar-refractivity contribution in [2.24, 2.45) is 0 Å². The summed E-state index contributed by atoms with van der Waals surface area (Å²) in [6.07, 6.45) is 1.25. The number of rotatable bonds is 8. The normalized spacial score (nSPS) is 18.1. The first-order valence-electron chi connectivity index (χ1n) is 6.26. The Morgan fingerprint density at radius 1 is 0.706 bits per heavy atom. The molecule has 7 heteroatoms. The molecule has 0 heterocycles. The van der Waals surface area contributed by atoms with Crippen LogP contribution in [0.3, 0.4) is 0 Å². The fourth-order valence-corrected chi connectivity index (χ4v) is 9.39. The molecule has 0 saturated heterocycles. The van der Waals surface area contributed by atoms with Crippen molar-refractivity contribution in [2.75, 3.05) is 24.6 Å². The Labute approximate surface area is 104 Å². The van der Waals surface area contributed by atoms with E-state index in [4.69, 9.17) is 4.31 Å². The molecule has 0 saturated carbocycles. The molecule has 0 spiro atoms. The predicted octanol–water partition coefficient (Wildman–Crippen LogP) is 2.43. The van der Waals surface area contributed by atoms with Gasteiger partial charge in [-0.15, -0.1) is 0 Å².